The lowest BCUT2D eigenvalue weighted by molar-refractivity contribution is 0.391. The minimum Gasteiger partial charge on any atom is -0.339 e. The van der Waals surface area contributed by atoms with Crippen molar-refractivity contribution in [3.63, 3.8) is 0 Å². The van der Waals surface area contributed by atoms with Crippen molar-refractivity contribution in [2.45, 2.75) is 13.8 Å². The molecule has 0 atom stereocenters. The van der Waals surface area contributed by atoms with E-state index in [2.05, 4.69) is 16.7 Å². The number of allylic oxidation sites excluding steroid dienone is 3. The summed E-state index contributed by atoms with van der Waals surface area (Å²) in [5.41, 5.74) is 0.767. The van der Waals surface area contributed by atoms with Crippen molar-refractivity contribution in [3.05, 3.63) is 29.4 Å². The van der Waals surface area contributed by atoms with Crippen LogP contribution in [0.3, 0.4) is 0 Å². The van der Waals surface area contributed by atoms with E-state index in [4.69, 9.17) is 16.1 Å². The summed E-state index contributed by atoms with van der Waals surface area (Å²) >= 11 is 5.80. The third kappa shape index (κ3) is 1.74. The first kappa shape index (κ1) is 9.00. The molecular weight excluding hydrogens is 176 g/mol. The number of aromatic nitrogens is 2. The fraction of sp³-hybridized carbons (Fsp3) is 0.250. The molecule has 0 fully saturated rings. The number of aryl methyl sites for hydroxylation is 1. The fourth-order valence-corrected chi connectivity index (χ4v) is 0.796. The van der Waals surface area contributed by atoms with Crippen molar-refractivity contribution in [1.29, 1.82) is 0 Å². The maximum absolute atomic E-state index is 5.80. The molecule has 3 nitrogen and oxygen atoms in total. The minimum atomic E-state index is 0.511. The van der Waals surface area contributed by atoms with Gasteiger partial charge in [-0.25, -0.2) is 0 Å². The van der Waals surface area contributed by atoms with E-state index in [1.165, 1.54) is 0 Å². The van der Waals surface area contributed by atoms with Gasteiger partial charge in [-0.15, -0.1) is 0 Å². The highest BCUT2D eigenvalue weighted by Gasteiger charge is 2.06. The first-order chi connectivity index (χ1) is 5.65. The van der Waals surface area contributed by atoms with Crippen LogP contribution in [0, 0.1) is 6.92 Å². The van der Waals surface area contributed by atoms with Crippen molar-refractivity contribution in [1.82, 2.24) is 10.1 Å². The lowest BCUT2D eigenvalue weighted by Gasteiger charge is -1.93. The molecule has 0 amide bonds. The number of hydrogen-bond donors (Lipinski definition) is 0. The predicted molar refractivity (Wildman–Crippen MR) is 47.7 cm³/mol. The molecule has 4 heteroatoms. The molecule has 1 aromatic rings. The van der Waals surface area contributed by atoms with E-state index in [-0.39, 0.29) is 0 Å². The Morgan fingerprint density at radius 2 is 2.33 bits per heavy atom. The Hall–Kier alpha value is -1.09. The molecule has 12 heavy (non-hydrogen) atoms. The van der Waals surface area contributed by atoms with Crippen LogP contribution in [-0.4, -0.2) is 10.1 Å². The third-order valence-electron chi connectivity index (χ3n) is 1.40. The second kappa shape index (κ2) is 3.54. The van der Waals surface area contributed by atoms with Crippen molar-refractivity contribution in [3.8, 4) is 0 Å². The largest absolute Gasteiger partial charge is 0.339 e. The Bertz CT molecular complexity index is 328. The number of hydrogen-bond acceptors (Lipinski definition) is 3. The second-order valence-corrected chi connectivity index (χ2v) is 2.72. The van der Waals surface area contributed by atoms with Crippen LogP contribution < -0.4 is 0 Å². The van der Waals surface area contributed by atoms with Gasteiger partial charge in [0.05, 0.1) is 0 Å². The standard InChI is InChI=1S/C8H9ClN2O/c1-4-7(9)5(2)8-10-6(3)12-11-8/h4H,1H2,2-3H3/b7-5-. The molecule has 0 aromatic carbocycles. The molecule has 0 aliphatic rings. The smallest absolute Gasteiger partial charge is 0.223 e. The summed E-state index contributed by atoms with van der Waals surface area (Å²) in [5, 5.41) is 4.25. The molecular formula is C8H9ClN2O. The second-order valence-electron chi connectivity index (χ2n) is 2.31. The molecule has 0 saturated carbocycles. The first-order valence-corrected chi connectivity index (χ1v) is 3.82. The van der Waals surface area contributed by atoms with Crippen molar-refractivity contribution in [2.24, 2.45) is 0 Å². The van der Waals surface area contributed by atoms with Crippen molar-refractivity contribution >= 4 is 17.2 Å². The molecule has 0 radical (unpaired) electrons. The van der Waals surface area contributed by atoms with Crippen LogP contribution in [0.25, 0.3) is 5.57 Å². The molecule has 0 saturated heterocycles. The molecule has 0 aliphatic carbocycles. The third-order valence-corrected chi connectivity index (χ3v) is 1.84. The summed E-state index contributed by atoms with van der Waals surface area (Å²) in [6.45, 7) is 7.08. The van der Waals surface area contributed by atoms with Crippen LogP contribution >= 0.6 is 11.6 Å². The SMILES string of the molecule is C=C/C(Cl)=C(\C)c1noc(C)n1. The van der Waals surface area contributed by atoms with E-state index >= 15 is 0 Å². The summed E-state index contributed by atoms with van der Waals surface area (Å²) in [7, 11) is 0. The summed E-state index contributed by atoms with van der Waals surface area (Å²) in [4.78, 5) is 4.01. The zero-order chi connectivity index (χ0) is 9.14. The Labute approximate surface area is 75.7 Å². The normalized spacial score (nSPS) is 12.6. The number of rotatable bonds is 2. The zero-order valence-corrected chi connectivity index (χ0v) is 7.72. The van der Waals surface area contributed by atoms with Gasteiger partial charge in [0.15, 0.2) is 5.82 Å². The lowest BCUT2D eigenvalue weighted by atomic mass is 10.2. The predicted octanol–water partition coefficient (Wildman–Crippen LogP) is 2.53. The van der Waals surface area contributed by atoms with Gasteiger partial charge in [-0.3, -0.25) is 0 Å². The molecule has 1 aromatic heterocycles. The monoisotopic (exact) mass is 184 g/mol. The number of halogens is 1. The van der Waals surface area contributed by atoms with Crippen molar-refractivity contribution < 1.29 is 4.52 Å². The maximum atomic E-state index is 5.80. The maximum Gasteiger partial charge on any atom is 0.223 e. The first-order valence-electron chi connectivity index (χ1n) is 3.44. The fourth-order valence-electron chi connectivity index (χ4n) is 0.711. The quantitative estimate of drug-likeness (QED) is 0.663. The highest BCUT2D eigenvalue weighted by molar-refractivity contribution is 6.34. The van der Waals surface area contributed by atoms with Gasteiger partial charge in [0.25, 0.3) is 0 Å². The number of nitrogens with zero attached hydrogens (tertiary/aromatic N) is 2. The van der Waals surface area contributed by atoms with Crippen LogP contribution in [0.2, 0.25) is 0 Å². The molecule has 0 aliphatic heterocycles. The highest BCUT2D eigenvalue weighted by atomic mass is 35.5. The highest BCUT2D eigenvalue weighted by Crippen LogP contribution is 2.18. The topological polar surface area (TPSA) is 38.9 Å². The van der Waals surface area contributed by atoms with Crippen LogP contribution in [0.15, 0.2) is 22.2 Å². The van der Waals surface area contributed by atoms with Crippen molar-refractivity contribution in [2.75, 3.05) is 0 Å². The molecule has 0 spiro atoms. The van der Waals surface area contributed by atoms with E-state index in [1.807, 2.05) is 6.92 Å². The Morgan fingerprint density at radius 3 is 2.75 bits per heavy atom. The van der Waals surface area contributed by atoms with E-state index in [0.29, 0.717) is 16.7 Å². The van der Waals surface area contributed by atoms with Crippen LogP contribution in [0.4, 0.5) is 0 Å². The van der Waals surface area contributed by atoms with Gasteiger partial charge < -0.3 is 4.52 Å². The summed E-state index contributed by atoms with van der Waals surface area (Å²) in [5.74, 6) is 1.04. The molecule has 64 valence electrons. The minimum absolute atomic E-state index is 0.511. The van der Waals surface area contributed by atoms with E-state index in [0.717, 1.165) is 5.57 Å². The van der Waals surface area contributed by atoms with E-state index in [9.17, 15) is 0 Å². The zero-order valence-electron chi connectivity index (χ0n) is 6.97. The Morgan fingerprint density at radius 1 is 1.67 bits per heavy atom. The molecule has 0 unspecified atom stereocenters. The average molecular weight is 185 g/mol. The van der Waals surface area contributed by atoms with Crippen LogP contribution in [0.5, 0.6) is 0 Å². The van der Waals surface area contributed by atoms with Gasteiger partial charge in [-0.2, -0.15) is 4.98 Å². The molecule has 1 heterocycles. The van der Waals surface area contributed by atoms with Gasteiger partial charge in [0.1, 0.15) is 0 Å². The van der Waals surface area contributed by atoms with Gasteiger partial charge in [0, 0.05) is 17.5 Å². The molecule has 0 N–H and O–H groups in total. The lowest BCUT2D eigenvalue weighted by Crippen LogP contribution is -1.84. The van der Waals surface area contributed by atoms with E-state index < -0.39 is 0 Å². The Kier molecular flexibility index (Phi) is 2.65. The Balaban J connectivity index is 3.07. The summed E-state index contributed by atoms with van der Waals surface area (Å²) < 4.78 is 4.79. The van der Waals surface area contributed by atoms with Crippen LogP contribution in [-0.2, 0) is 0 Å². The average Bonchev–Trinajstić information content (AvgIpc) is 2.49. The van der Waals surface area contributed by atoms with Gasteiger partial charge in [0.2, 0.25) is 5.89 Å². The van der Waals surface area contributed by atoms with E-state index in [1.54, 1.807) is 13.0 Å². The molecule has 1 rings (SSSR count). The van der Waals surface area contributed by atoms with Crippen LogP contribution in [0.1, 0.15) is 18.6 Å². The van der Waals surface area contributed by atoms with Gasteiger partial charge >= 0.3 is 0 Å². The van der Waals surface area contributed by atoms with Gasteiger partial charge in [-0.1, -0.05) is 29.4 Å². The summed E-state index contributed by atoms with van der Waals surface area (Å²) in [6, 6.07) is 0. The molecule has 0 bridgehead atoms. The summed E-state index contributed by atoms with van der Waals surface area (Å²) in [6.07, 6.45) is 1.54. The van der Waals surface area contributed by atoms with Gasteiger partial charge in [-0.05, 0) is 6.92 Å².